The first-order chi connectivity index (χ1) is 6.81. The van der Waals surface area contributed by atoms with Crippen LogP contribution in [0.1, 0.15) is 18.5 Å². The van der Waals surface area contributed by atoms with E-state index in [1.807, 2.05) is 19.2 Å². The van der Waals surface area contributed by atoms with Crippen molar-refractivity contribution in [3.8, 4) is 0 Å². The molecule has 0 aliphatic carbocycles. The Morgan fingerprint density at radius 2 is 2.40 bits per heavy atom. The van der Waals surface area contributed by atoms with Gasteiger partial charge in [0, 0.05) is 31.0 Å². The Morgan fingerprint density at radius 1 is 1.60 bits per heavy atom. The predicted octanol–water partition coefficient (Wildman–Crippen LogP) is 1.13. The Kier molecular flexibility index (Phi) is 4.29. The van der Waals surface area contributed by atoms with E-state index in [9.17, 15) is 0 Å². The maximum absolute atomic E-state index is 5.70. The van der Waals surface area contributed by atoms with Gasteiger partial charge in [-0.1, -0.05) is 0 Å². The van der Waals surface area contributed by atoms with Crippen molar-refractivity contribution in [2.75, 3.05) is 18.0 Å². The number of hydrogen-bond acceptors (Lipinski definition) is 4. The highest BCUT2D eigenvalue weighted by molar-refractivity contribution is 5.85. The number of halogens is 1. The molecule has 0 saturated carbocycles. The van der Waals surface area contributed by atoms with Crippen LogP contribution in [0.5, 0.6) is 0 Å². The standard InChI is InChI=1S/C10H16N4.ClH/c1-8-4-5-12-10(13-8)14-6-2-3-9(14)7-11;/h4-5,9H,2-3,6-7,11H2,1H3;1H. The van der Waals surface area contributed by atoms with Crippen molar-refractivity contribution in [1.82, 2.24) is 9.97 Å². The van der Waals surface area contributed by atoms with Crippen LogP contribution in [0.25, 0.3) is 0 Å². The summed E-state index contributed by atoms with van der Waals surface area (Å²) in [6.07, 6.45) is 4.16. The van der Waals surface area contributed by atoms with E-state index in [-0.39, 0.29) is 12.4 Å². The average molecular weight is 229 g/mol. The third kappa shape index (κ3) is 2.58. The molecule has 1 saturated heterocycles. The van der Waals surface area contributed by atoms with E-state index in [0.717, 1.165) is 24.6 Å². The molecule has 1 fully saturated rings. The van der Waals surface area contributed by atoms with Gasteiger partial charge in [0.05, 0.1) is 0 Å². The first-order valence-corrected chi connectivity index (χ1v) is 5.07. The Labute approximate surface area is 96.3 Å². The minimum atomic E-state index is 0. The molecule has 0 spiro atoms. The summed E-state index contributed by atoms with van der Waals surface area (Å²) < 4.78 is 0. The molecule has 2 heterocycles. The lowest BCUT2D eigenvalue weighted by Gasteiger charge is -2.23. The summed E-state index contributed by atoms with van der Waals surface area (Å²) >= 11 is 0. The monoisotopic (exact) mass is 228 g/mol. The van der Waals surface area contributed by atoms with Gasteiger partial charge in [-0.2, -0.15) is 0 Å². The summed E-state index contributed by atoms with van der Waals surface area (Å²) in [6, 6.07) is 2.34. The highest BCUT2D eigenvalue weighted by atomic mass is 35.5. The Morgan fingerprint density at radius 3 is 3.07 bits per heavy atom. The minimum Gasteiger partial charge on any atom is -0.337 e. The van der Waals surface area contributed by atoms with Crippen LogP contribution in [0, 0.1) is 6.92 Å². The Balaban J connectivity index is 0.00000112. The van der Waals surface area contributed by atoms with Crippen molar-refractivity contribution in [3.05, 3.63) is 18.0 Å². The predicted molar refractivity (Wildman–Crippen MR) is 63.4 cm³/mol. The van der Waals surface area contributed by atoms with E-state index in [0.29, 0.717) is 12.6 Å². The molecule has 0 bridgehead atoms. The molecular weight excluding hydrogens is 212 g/mol. The molecule has 4 nitrogen and oxygen atoms in total. The quantitative estimate of drug-likeness (QED) is 0.825. The fourth-order valence-electron chi connectivity index (χ4n) is 1.92. The van der Waals surface area contributed by atoms with Crippen LogP contribution >= 0.6 is 12.4 Å². The number of hydrogen-bond donors (Lipinski definition) is 1. The largest absolute Gasteiger partial charge is 0.337 e. The fourth-order valence-corrected chi connectivity index (χ4v) is 1.92. The zero-order valence-corrected chi connectivity index (χ0v) is 9.70. The summed E-state index contributed by atoms with van der Waals surface area (Å²) in [7, 11) is 0. The van der Waals surface area contributed by atoms with E-state index in [1.165, 1.54) is 6.42 Å². The molecule has 2 N–H and O–H groups in total. The van der Waals surface area contributed by atoms with Gasteiger partial charge < -0.3 is 10.6 Å². The van der Waals surface area contributed by atoms with Gasteiger partial charge in [-0.3, -0.25) is 0 Å². The highest BCUT2D eigenvalue weighted by Crippen LogP contribution is 2.21. The van der Waals surface area contributed by atoms with Crippen LogP contribution in [0.3, 0.4) is 0 Å². The van der Waals surface area contributed by atoms with E-state index >= 15 is 0 Å². The second-order valence-corrected chi connectivity index (χ2v) is 3.72. The maximum atomic E-state index is 5.70. The molecule has 2 rings (SSSR count). The van der Waals surface area contributed by atoms with E-state index in [2.05, 4.69) is 14.9 Å². The SMILES string of the molecule is Cc1ccnc(N2CCCC2CN)n1.Cl. The van der Waals surface area contributed by atoms with Crippen LogP contribution in [0.2, 0.25) is 0 Å². The van der Waals surface area contributed by atoms with Gasteiger partial charge in [-0.15, -0.1) is 12.4 Å². The normalized spacial score (nSPS) is 20.1. The fraction of sp³-hybridized carbons (Fsp3) is 0.600. The number of aryl methyl sites for hydroxylation is 1. The summed E-state index contributed by atoms with van der Waals surface area (Å²) in [5.41, 5.74) is 6.71. The van der Waals surface area contributed by atoms with Crippen molar-refractivity contribution >= 4 is 18.4 Å². The molecule has 0 radical (unpaired) electrons. The lowest BCUT2D eigenvalue weighted by Crippen LogP contribution is -2.36. The van der Waals surface area contributed by atoms with Crippen LogP contribution in [0.15, 0.2) is 12.3 Å². The molecular formula is C10H17ClN4. The molecule has 0 aromatic carbocycles. The summed E-state index contributed by atoms with van der Waals surface area (Å²) in [4.78, 5) is 10.9. The molecule has 1 unspecified atom stereocenters. The van der Waals surface area contributed by atoms with Crippen molar-refractivity contribution in [2.45, 2.75) is 25.8 Å². The second kappa shape index (κ2) is 5.28. The van der Waals surface area contributed by atoms with Gasteiger partial charge in [0.15, 0.2) is 0 Å². The third-order valence-corrected chi connectivity index (χ3v) is 2.69. The van der Waals surface area contributed by atoms with Gasteiger partial charge in [0.25, 0.3) is 0 Å². The first-order valence-electron chi connectivity index (χ1n) is 5.07. The van der Waals surface area contributed by atoms with Crippen molar-refractivity contribution in [1.29, 1.82) is 0 Å². The van der Waals surface area contributed by atoms with Crippen molar-refractivity contribution < 1.29 is 0 Å². The molecule has 1 aromatic rings. The molecule has 1 aliphatic rings. The summed E-state index contributed by atoms with van der Waals surface area (Å²) in [5, 5.41) is 0. The number of rotatable bonds is 2. The zero-order valence-electron chi connectivity index (χ0n) is 8.89. The van der Waals surface area contributed by atoms with E-state index < -0.39 is 0 Å². The number of anilines is 1. The van der Waals surface area contributed by atoms with Gasteiger partial charge in [-0.05, 0) is 25.8 Å². The molecule has 1 aliphatic heterocycles. The Bertz CT molecular complexity index is 318. The molecule has 0 amide bonds. The third-order valence-electron chi connectivity index (χ3n) is 2.69. The number of nitrogens with zero attached hydrogens (tertiary/aromatic N) is 3. The lowest BCUT2D eigenvalue weighted by atomic mass is 10.2. The van der Waals surface area contributed by atoms with Crippen LogP contribution in [-0.4, -0.2) is 29.1 Å². The van der Waals surface area contributed by atoms with Gasteiger partial charge in [-0.25, -0.2) is 9.97 Å². The maximum Gasteiger partial charge on any atom is 0.225 e. The molecule has 15 heavy (non-hydrogen) atoms. The van der Waals surface area contributed by atoms with Crippen molar-refractivity contribution in [3.63, 3.8) is 0 Å². The summed E-state index contributed by atoms with van der Waals surface area (Å²) in [6.45, 7) is 3.71. The topological polar surface area (TPSA) is 55.0 Å². The van der Waals surface area contributed by atoms with Crippen molar-refractivity contribution in [2.24, 2.45) is 5.73 Å². The Hall–Kier alpha value is -0.870. The number of aromatic nitrogens is 2. The van der Waals surface area contributed by atoms with Crippen LogP contribution in [0.4, 0.5) is 5.95 Å². The molecule has 1 atom stereocenters. The molecule has 84 valence electrons. The summed E-state index contributed by atoms with van der Waals surface area (Å²) in [5.74, 6) is 0.831. The van der Waals surface area contributed by atoms with Crippen LogP contribution < -0.4 is 10.6 Å². The average Bonchev–Trinajstić information content (AvgIpc) is 2.65. The molecule has 1 aromatic heterocycles. The van der Waals surface area contributed by atoms with E-state index in [1.54, 1.807) is 0 Å². The minimum absolute atomic E-state index is 0. The van der Waals surface area contributed by atoms with Gasteiger partial charge in [0.2, 0.25) is 5.95 Å². The smallest absolute Gasteiger partial charge is 0.225 e. The highest BCUT2D eigenvalue weighted by Gasteiger charge is 2.24. The zero-order chi connectivity index (χ0) is 9.97. The molecule has 5 heteroatoms. The van der Waals surface area contributed by atoms with Gasteiger partial charge >= 0.3 is 0 Å². The van der Waals surface area contributed by atoms with E-state index in [4.69, 9.17) is 5.73 Å². The lowest BCUT2D eigenvalue weighted by molar-refractivity contribution is 0.663. The second-order valence-electron chi connectivity index (χ2n) is 3.72. The first kappa shape index (κ1) is 12.2. The van der Waals surface area contributed by atoms with Gasteiger partial charge in [0.1, 0.15) is 0 Å². The van der Waals surface area contributed by atoms with Crippen LogP contribution in [-0.2, 0) is 0 Å². The number of nitrogens with two attached hydrogens (primary N) is 1.